The molecule has 0 amide bonds. The minimum atomic E-state index is 0.701. The highest BCUT2D eigenvalue weighted by molar-refractivity contribution is 6.17. The van der Waals surface area contributed by atoms with Crippen molar-refractivity contribution in [2.45, 2.75) is 0 Å². The van der Waals surface area contributed by atoms with Crippen LogP contribution in [0.5, 0.6) is 0 Å². The van der Waals surface area contributed by atoms with Crippen molar-refractivity contribution < 1.29 is 13.3 Å². The second-order valence-electron chi connectivity index (χ2n) is 33.7. The molecule has 0 aliphatic carbocycles. The Balaban J connectivity index is 0.000000107. The summed E-state index contributed by atoms with van der Waals surface area (Å²) < 4.78 is 18.6. The first-order chi connectivity index (χ1) is 65.9. The Morgan fingerprint density at radius 1 is 0.143 bits per heavy atom. The van der Waals surface area contributed by atoms with Gasteiger partial charge in [-0.3, -0.25) is 0 Å². The summed E-state index contributed by atoms with van der Waals surface area (Å²) in [5.41, 5.74) is 31.9. The fourth-order valence-corrected chi connectivity index (χ4v) is 19.3. The number of rotatable bonds is 11. The lowest BCUT2D eigenvalue weighted by atomic mass is 9.96. The van der Waals surface area contributed by atoms with E-state index in [4.69, 9.17) is 43.2 Å². The summed E-state index contributed by atoms with van der Waals surface area (Å²) in [6.45, 7) is 0. The topological polar surface area (TPSA) is 117 Å². The highest BCUT2D eigenvalue weighted by atomic mass is 16.3. The van der Waals surface area contributed by atoms with E-state index >= 15 is 0 Å². The third-order valence-electron chi connectivity index (χ3n) is 25.8. The lowest BCUT2D eigenvalue weighted by Gasteiger charge is -2.13. The van der Waals surface area contributed by atoms with Crippen LogP contribution < -0.4 is 0 Å². The molecule has 620 valence electrons. The molecule has 0 aliphatic rings. The smallest absolute Gasteiger partial charge is 0.160 e. The third kappa shape index (κ3) is 14.1. The second-order valence-corrected chi connectivity index (χ2v) is 33.7. The van der Waals surface area contributed by atoms with Crippen LogP contribution in [0, 0.1) is 0 Å². The number of nitrogens with zero attached hydrogens (tertiary/aromatic N) is 6. The average Bonchev–Trinajstić information content (AvgIpc) is 1.70. The Kier molecular flexibility index (Phi) is 19.1. The Labute approximate surface area is 764 Å². The van der Waals surface area contributed by atoms with Gasteiger partial charge < -0.3 is 13.3 Å². The minimum Gasteiger partial charge on any atom is -0.456 e. The van der Waals surface area contributed by atoms with Gasteiger partial charge in [-0.25, -0.2) is 29.9 Å². The van der Waals surface area contributed by atoms with Crippen LogP contribution >= 0.6 is 0 Å². The van der Waals surface area contributed by atoms with Gasteiger partial charge in [-0.2, -0.15) is 0 Å². The van der Waals surface area contributed by atoms with Crippen molar-refractivity contribution >= 4 is 142 Å². The molecule has 133 heavy (non-hydrogen) atoms. The van der Waals surface area contributed by atoms with E-state index in [1.807, 2.05) is 72.8 Å². The number of fused-ring (bicyclic) bond motifs is 19. The molecule has 27 aromatic rings. The molecule has 0 fully saturated rings. The Hall–Kier alpha value is -17.9. The predicted molar refractivity (Wildman–Crippen MR) is 550 cm³/mol. The van der Waals surface area contributed by atoms with Crippen LogP contribution in [0.4, 0.5) is 0 Å². The van der Waals surface area contributed by atoms with Gasteiger partial charge in [0, 0.05) is 87.2 Å². The molecule has 9 nitrogen and oxygen atoms in total. The normalized spacial score (nSPS) is 11.6. The number of hydrogen-bond acceptors (Lipinski definition) is 9. The zero-order chi connectivity index (χ0) is 87.8. The van der Waals surface area contributed by atoms with E-state index in [2.05, 4.69) is 388 Å². The lowest BCUT2D eigenvalue weighted by Crippen LogP contribution is -1.97. The number of benzene rings is 21. The molecule has 6 heterocycles. The lowest BCUT2D eigenvalue weighted by molar-refractivity contribution is 0.668. The molecular weight excluding hydrogens is 1620 g/mol. The van der Waals surface area contributed by atoms with E-state index in [1.165, 1.54) is 44.2 Å². The van der Waals surface area contributed by atoms with Gasteiger partial charge in [-0.1, -0.05) is 394 Å². The zero-order valence-electron chi connectivity index (χ0n) is 71.8. The number of aromatic nitrogens is 6. The van der Waals surface area contributed by atoms with Crippen molar-refractivity contribution in [2.75, 3.05) is 0 Å². The highest BCUT2D eigenvalue weighted by Crippen LogP contribution is 2.46. The van der Waals surface area contributed by atoms with Gasteiger partial charge in [-0.15, -0.1) is 0 Å². The van der Waals surface area contributed by atoms with Gasteiger partial charge in [0.1, 0.15) is 33.5 Å². The van der Waals surface area contributed by atoms with Gasteiger partial charge in [0.25, 0.3) is 0 Å². The number of hydrogen-bond donors (Lipinski definition) is 0. The van der Waals surface area contributed by atoms with Crippen LogP contribution in [-0.4, -0.2) is 29.9 Å². The maximum atomic E-state index is 6.26. The quantitative estimate of drug-likeness (QED) is 0.117. The summed E-state index contributed by atoms with van der Waals surface area (Å²) in [6, 6.07) is 161. The van der Waals surface area contributed by atoms with E-state index in [-0.39, 0.29) is 0 Å². The Morgan fingerprint density at radius 3 is 0.977 bits per heavy atom. The second kappa shape index (κ2) is 32.7. The van der Waals surface area contributed by atoms with Crippen molar-refractivity contribution in [3.05, 3.63) is 461 Å². The van der Waals surface area contributed by atoms with E-state index in [1.54, 1.807) is 0 Å². The summed E-state index contributed by atoms with van der Waals surface area (Å²) in [4.78, 5) is 31.8. The van der Waals surface area contributed by atoms with Crippen molar-refractivity contribution in [1.82, 2.24) is 29.9 Å². The molecule has 0 saturated heterocycles. The molecule has 0 atom stereocenters. The molecule has 0 bridgehead atoms. The van der Waals surface area contributed by atoms with Crippen molar-refractivity contribution in [3.63, 3.8) is 0 Å². The summed E-state index contributed by atoms with van der Waals surface area (Å²) >= 11 is 0. The van der Waals surface area contributed by atoms with Gasteiger partial charge in [0.2, 0.25) is 0 Å². The van der Waals surface area contributed by atoms with E-state index < -0.39 is 0 Å². The SMILES string of the molecule is c1ccc(-c2ccc(-c3nc(-c4cccc(-c5cccc6oc7ccccc7c56)c4)nc4c3ccc3ccccc34)cc2)cc1.c1ccc(-c2ccc(-c3nc4ccc5ccccc5c4nc3-c3ccc(-c4cccc5oc6ccccc6c45)cc3)cc2)cc1.c1ccc2cc(-c3ccc(-c4nc5ccc6ccccc6c5nc4-c4cccc5oc6ccccc6c45)cc3)ccc2c1. The van der Waals surface area contributed by atoms with Gasteiger partial charge in [0.15, 0.2) is 5.82 Å². The molecule has 0 N–H and O–H groups in total. The molecule has 0 radical (unpaired) electrons. The third-order valence-corrected chi connectivity index (χ3v) is 25.8. The maximum Gasteiger partial charge on any atom is 0.160 e. The zero-order valence-corrected chi connectivity index (χ0v) is 71.8. The van der Waals surface area contributed by atoms with Crippen molar-refractivity contribution in [3.8, 4) is 123 Å². The van der Waals surface area contributed by atoms with Crippen LogP contribution in [0.3, 0.4) is 0 Å². The monoisotopic (exact) mass is 1700 g/mol. The van der Waals surface area contributed by atoms with Crippen LogP contribution in [0.15, 0.2) is 474 Å². The summed E-state index contributed by atoms with van der Waals surface area (Å²) in [5.74, 6) is 0.701. The molecular formula is C124H76N6O3. The number of para-hydroxylation sites is 3. The molecule has 0 spiro atoms. The van der Waals surface area contributed by atoms with Gasteiger partial charge in [0.05, 0.1) is 56.1 Å². The average molecular weight is 1700 g/mol. The first-order valence-corrected chi connectivity index (χ1v) is 44.8. The van der Waals surface area contributed by atoms with E-state index in [0.717, 1.165) is 215 Å². The molecule has 21 aromatic carbocycles. The fourth-order valence-electron chi connectivity index (χ4n) is 19.3. The van der Waals surface area contributed by atoms with Gasteiger partial charge >= 0.3 is 0 Å². The summed E-state index contributed by atoms with van der Waals surface area (Å²) in [6.07, 6.45) is 0. The van der Waals surface area contributed by atoms with Crippen LogP contribution in [-0.2, 0) is 0 Å². The van der Waals surface area contributed by atoms with Crippen molar-refractivity contribution in [1.29, 1.82) is 0 Å². The number of furan rings is 3. The summed E-state index contributed by atoms with van der Waals surface area (Å²) in [7, 11) is 0. The van der Waals surface area contributed by atoms with E-state index in [0.29, 0.717) is 5.82 Å². The molecule has 0 unspecified atom stereocenters. The van der Waals surface area contributed by atoms with E-state index in [9.17, 15) is 0 Å². The molecule has 0 aliphatic heterocycles. The Morgan fingerprint density at radius 2 is 0.466 bits per heavy atom. The van der Waals surface area contributed by atoms with Crippen LogP contribution in [0.2, 0.25) is 0 Å². The maximum absolute atomic E-state index is 6.26. The summed E-state index contributed by atoms with van der Waals surface area (Å²) in [5, 5.41) is 16.9. The van der Waals surface area contributed by atoms with Gasteiger partial charge in [-0.05, 0) is 149 Å². The molecule has 9 heteroatoms. The van der Waals surface area contributed by atoms with Crippen LogP contribution in [0.25, 0.3) is 265 Å². The first kappa shape index (κ1) is 77.4. The predicted octanol–water partition coefficient (Wildman–Crippen LogP) is 33.5. The largest absolute Gasteiger partial charge is 0.456 e. The highest BCUT2D eigenvalue weighted by Gasteiger charge is 2.24. The molecule has 6 aromatic heterocycles. The van der Waals surface area contributed by atoms with Crippen molar-refractivity contribution in [2.24, 2.45) is 0 Å². The molecule has 0 saturated carbocycles. The van der Waals surface area contributed by atoms with Crippen LogP contribution in [0.1, 0.15) is 0 Å². The standard InChI is InChI=1S/2C42H26N2O.C40H24N2O/c1-2-10-27(11-3-1)28-20-22-30(23-21-28)40-36-25-24-29-12-4-5-15-34(29)41(36)44-42(43-40)32-14-8-13-31(26-32)33-17-9-19-38-39(33)35-16-6-7-18-37(35)45-38;1-2-9-27(10-3-1)28-17-21-31(22-18-28)40-41(44-42-34-12-5-4-11-29(34)25-26-36(42)43-40)32-23-19-30(20-24-32)33-14-8-16-38-39(33)35-13-6-7-15-37(35)45-38;1-2-10-29-24-30(21-18-25(29)8-1)26-16-19-28(20-17-26)38-40(42-39-31-11-4-3-9-27(31)22-23-34(39)41-38)33-13-7-15-36-37(33)32-12-5-6-14-35(32)43-36/h2*1-26H;1-24H. The fraction of sp³-hybridized carbons (Fsp3) is 0. The first-order valence-electron chi connectivity index (χ1n) is 44.8. The molecule has 27 rings (SSSR count). The minimum absolute atomic E-state index is 0.701. The Bertz CT molecular complexity index is 9250.